The number of hydrogen-bond acceptors (Lipinski definition) is 7. The fraction of sp³-hybridized carbons (Fsp3) is 0.368. The molecule has 0 unspecified atom stereocenters. The molecule has 1 saturated heterocycles. The summed E-state index contributed by atoms with van der Waals surface area (Å²) in [5, 5.41) is 13.2. The topological polar surface area (TPSA) is 136 Å². The third-order valence-electron chi connectivity index (χ3n) is 5.65. The Hall–Kier alpha value is -3.27. The van der Waals surface area contributed by atoms with E-state index >= 15 is 0 Å². The smallest absolute Gasteiger partial charge is 0.326 e. The lowest BCUT2D eigenvalue weighted by atomic mass is 9.85. The summed E-state index contributed by atoms with van der Waals surface area (Å²) in [4.78, 5) is 60.2. The molecule has 4 rings (SSSR count). The number of likely N-dealkylation sites (tertiary alicyclic amines) is 1. The standard InChI is InChI=1S/C19H16ClN3O7/c20-12-4-3-11(23(28)29)6-13(12)21-14(24)8-30-15(25)7-22-18(26)16-9-1-2-10(5-9)17(16)19(22)27/h1-4,6,9-10,16-17H,5,7-8H2,(H,21,24)/t9-,10+,16-,17+. The number of fused-ring (bicyclic) bond motifs is 5. The number of esters is 1. The van der Waals surface area contributed by atoms with Crippen molar-refractivity contribution in [3.63, 3.8) is 0 Å². The van der Waals surface area contributed by atoms with Gasteiger partial charge in [-0.25, -0.2) is 0 Å². The minimum Gasteiger partial charge on any atom is -0.454 e. The van der Waals surface area contributed by atoms with E-state index in [0.29, 0.717) is 0 Å². The maximum atomic E-state index is 12.5. The van der Waals surface area contributed by atoms with E-state index in [1.807, 2.05) is 12.2 Å². The van der Waals surface area contributed by atoms with Gasteiger partial charge in [-0.2, -0.15) is 0 Å². The number of ether oxygens (including phenoxy) is 1. The van der Waals surface area contributed by atoms with Crippen molar-refractivity contribution in [1.82, 2.24) is 4.90 Å². The van der Waals surface area contributed by atoms with E-state index in [1.165, 1.54) is 12.1 Å². The van der Waals surface area contributed by atoms with E-state index in [1.54, 1.807) is 0 Å². The number of carbonyl (C=O) groups excluding carboxylic acids is 4. The molecule has 3 aliphatic rings. The second-order valence-corrected chi connectivity index (χ2v) is 7.80. The molecule has 1 aromatic carbocycles. The summed E-state index contributed by atoms with van der Waals surface area (Å²) in [5.74, 6) is -3.22. The van der Waals surface area contributed by atoms with Crippen molar-refractivity contribution in [2.24, 2.45) is 23.7 Å². The lowest BCUT2D eigenvalue weighted by Crippen LogP contribution is -2.38. The predicted molar refractivity (Wildman–Crippen MR) is 102 cm³/mol. The number of allylic oxidation sites excluding steroid dienone is 2. The number of nitro benzene ring substituents is 1. The third-order valence-corrected chi connectivity index (χ3v) is 5.98. The normalized spacial score (nSPS) is 26.1. The first-order valence-electron chi connectivity index (χ1n) is 9.19. The number of carbonyl (C=O) groups is 4. The van der Waals surface area contributed by atoms with Gasteiger partial charge in [-0.15, -0.1) is 0 Å². The Bertz CT molecular complexity index is 978. The van der Waals surface area contributed by atoms with Crippen molar-refractivity contribution in [3.05, 3.63) is 45.5 Å². The van der Waals surface area contributed by atoms with Gasteiger partial charge in [0.05, 0.1) is 27.5 Å². The number of anilines is 1. The molecular weight excluding hydrogens is 418 g/mol. The molecule has 2 aliphatic carbocycles. The Labute approximate surface area is 174 Å². The van der Waals surface area contributed by atoms with Crippen LogP contribution in [0.1, 0.15) is 6.42 Å². The summed E-state index contributed by atoms with van der Waals surface area (Å²) >= 11 is 5.90. The van der Waals surface area contributed by atoms with Gasteiger partial charge < -0.3 is 10.1 Å². The summed E-state index contributed by atoms with van der Waals surface area (Å²) in [6.45, 7) is -1.26. The molecule has 1 saturated carbocycles. The molecule has 0 spiro atoms. The average Bonchev–Trinajstić information content (AvgIpc) is 3.38. The van der Waals surface area contributed by atoms with E-state index in [2.05, 4.69) is 5.32 Å². The summed E-state index contributed by atoms with van der Waals surface area (Å²) in [5.41, 5.74) is -0.278. The van der Waals surface area contributed by atoms with Crippen molar-refractivity contribution in [3.8, 4) is 0 Å². The SMILES string of the molecule is O=C(COC(=O)CN1C(=O)[C@@H]2[C@H](C1=O)[C@@H]1C=C[C@H]2C1)Nc1cc([N+](=O)[O-])ccc1Cl. The van der Waals surface area contributed by atoms with Crippen LogP contribution >= 0.6 is 11.6 Å². The maximum absolute atomic E-state index is 12.5. The van der Waals surface area contributed by atoms with E-state index in [9.17, 15) is 29.3 Å². The summed E-state index contributed by atoms with van der Waals surface area (Å²) in [6, 6.07) is 3.51. The average molecular weight is 434 g/mol. The van der Waals surface area contributed by atoms with E-state index in [4.69, 9.17) is 16.3 Å². The van der Waals surface area contributed by atoms with Gasteiger partial charge >= 0.3 is 5.97 Å². The number of amides is 3. The van der Waals surface area contributed by atoms with E-state index in [0.717, 1.165) is 17.4 Å². The zero-order chi connectivity index (χ0) is 21.6. The highest BCUT2D eigenvalue weighted by atomic mass is 35.5. The second kappa shape index (κ2) is 7.52. The van der Waals surface area contributed by atoms with Gasteiger partial charge in [0.2, 0.25) is 11.8 Å². The van der Waals surface area contributed by atoms with Crippen LogP contribution < -0.4 is 5.32 Å². The number of benzene rings is 1. The molecule has 1 heterocycles. The zero-order valence-corrected chi connectivity index (χ0v) is 16.2. The van der Waals surface area contributed by atoms with Crippen LogP contribution in [0.5, 0.6) is 0 Å². The molecule has 3 amide bonds. The number of hydrogen-bond donors (Lipinski definition) is 1. The molecule has 30 heavy (non-hydrogen) atoms. The Balaban J connectivity index is 1.31. The van der Waals surface area contributed by atoms with Crippen molar-refractivity contribution in [2.45, 2.75) is 6.42 Å². The molecule has 2 fully saturated rings. The minimum absolute atomic E-state index is 0.00684. The van der Waals surface area contributed by atoms with Crippen LogP contribution in [0, 0.1) is 33.8 Å². The van der Waals surface area contributed by atoms with Gasteiger partial charge in [-0.05, 0) is 24.3 Å². The number of nitro groups is 1. The van der Waals surface area contributed by atoms with Gasteiger partial charge in [-0.1, -0.05) is 23.8 Å². The summed E-state index contributed by atoms with van der Waals surface area (Å²) < 4.78 is 4.85. The monoisotopic (exact) mass is 433 g/mol. The maximum Gasteiger partial charge on any atom is 0.326 e. The van der Waals surface area contributed by atoms with Crippen molar-refractivity contribution in [1.29, 1.82) is 0 Å². The number of non-ortho nitro benzene ring substituents is 1. The Kier molecular flexibility index (Phi) is 5.02. The van der Waals surface area contributed by atoms with Gasteiger partial charge in [-0.3, -0.25) is 34.2 Å². The first-order chi connectivity index (χ1) is 14.3. The van der Waals surface area contributed by atoms with Gasteiger partial charge in [0, 0.05) is 12.1 Å². The van der Waals surface area contributed by atoms with Crippen LogP contribution in [0.25, 0.3) is 0 Å². The minimum atomic E-state index is -0.905. The fourth-order valence-corrected chi connectivity index (χ4v) is 4.51. The van der Waals surface area contributed by atoms with Crippen LogP contribution in [-0.2, 0) is 23.9 Å². The van der Waals surface area contributed by atoms with Crippen molar-refractivity contribution < 1.29 is 28.8 Å². The highest BCUT2D eigenvalue weighted by molar-refractivity contribution is 6.33. The first kappa shape index (κ1) is 20.0. The Morgan fingerprint density at radius 3 is 2.43 bits per heavy atom. The van der Waals surface area contributed by atoms with Gasteiger partial charge in [0.15, 0.2) is 6.61 Å². The molecule has 4 atom stereocenters. The molecule has 1 aliphatic heterocycles. The summed E-state index contributed by atoms with van der Waals surface area (Å²) in [7, 11) is 0. The number of nitrogens with zero attached hydrogens (tertiary/aromatic N) is 2. The van der Waals surface area contributed by atoms with Crippen LogP contribution in [0.2, 0.25) is 5.02 Å². The van der Waals surface area contributed by atoms with Crippen molar-refractivity contribution >= 4 is 46.7 Å². The number of rotatable bonds is 6. The molecule has 0 aromatic heterocycles. The van der Waals surface area contributed by atoms with Crippen LogP contribution in [0.15, 0.2) is 30.4 Å². The van der Waals surface area contributed by atoms with Crippen LogP contribution in [0.3, 0.4) is 0 Å². The molecule has 0 radical (unpaired) electrons. The van der Waals surface area contributed by atoms with E-state index < -0.39 is 41.8 Å². The molecule has 10 nitrogen and oxygen atoms in total. The number of imide groups is 1. The molecule has 1 N–H and O–H groups in total. The van der Waals surface area contributed by atoms with Crippen LogP contribution in [0.4, 0.5) is 11.4 Å². The molecule has 1 aromatic rings. The highest BCUT2D eigenvalue weighted by Gasteiger charge is 2.59. The fourth-order valence-electron chi connectivity index (χ4n) is 4.35. The van der Waals surface area contributed by atoms with Crippen LogP contribution in [-0.4, -0.2) is 46.7 Å². The number of halogens is 1. The van der Waals surface area contributed by atoms with Crippen molar-refractivity contribution in [2.75, 3.05) is 18.5 Å². The molecule has 11 heteroatoms. The highest BCUT2D eigenvalue weighted by Crippen LogP contribution is 2.52. The van der Waals surface area contributed by atoms with E-state index in [-0.39, 0.29) is 40.0 Å². The number of nitrogens with one attached hydrogen (secondary N) is 1. The second-order valence-electron chi connectivity index (χ2n) is 7.39. The lowest BCUT2D eigenvalue weighted by molar-refractivity contribution is -0.384. The molecule has 2 bridgehead atoms. The van der Waals surface area contributed by atoms with Gasteiger partial charge in [0.1, 0.15) is 6.54 Å². The largest absolute Gasteiger partial charge is 0.454 e. The summed E-state index contributed by atoms with van der Waals surface area (Å²) in [6.07, 6.45) is 4.68. The Morgan fingerprint density at radius 2 is 1.83 bits per heavy atom. The molecular formula is C19H16ClN3O7. The lowest BCUT2D eigenvalue weighted by Gasteiger charge is -2.16. The first-order valence-corrected chi connectivity index (χ1v) is 9.57. The zero-order valence-electron chi connectivity index (χ0n) is 15.4. The van der Waals surface area contributed by atoms with Gasteiger partial charge in [0.25, 0.3) is 11.6 Å². The quantitative estimate of drug-likeness (QED) is 0.236. The Morgan fingerprint density at radius 1 is 1.20 bits per heavy atom. The molecule has 156 valence electrons. The third kappa shape index (κ3) is 3.43. The predicted octanol–water partition coefficient (Wildman–Crippen LogP) is 1.54.